The van der Waals surface area contributed by atoms with Gasteiger partial charge in [0.15, 0.2) is 22.4 Å². The Labute approximate surface area is 163 Å². The zero-order valence-corrected chi connectivity index (χ0v) is 16.1. The Kier molecular flexibility index (Phi) is 4.91. The van der Waals surface area contributed by atoms with Crippen molar-refractivity contribution in [2.45, 2.75) is 19.8 Å². The molecule has 0 unspecified atom stereocenters. The number of thiazole rings is 1. The first kappa shape index (κ1) is 17.7. The molecule has 3 aromatic rings. The number of hydrogen-bond acceptors (Lipinski definition) is 7. The Balaban J connectivity index is 1.35. The van der Waals surface area contributed by atoms with E-state index in [0.717, 1.165) is 16.1 Å². The molecule has 1 aromatic carbocycles. The highest BCUT2D eigenvalue weighted by molar-refractivity contribution is 7.14. The van der Waals surface area contributed by atoms with Crippen molar-refractivity contribution >= 4 is 39.5 Å². The van der Waals surface area contributed by atoms with Gasteiger partial charge in [0.05, 0.1) is 10.6 Å². The predicted octanol–water partition coefficient (Wildman–Crippen LogP) is 4.51. The third-order valence-corrected chi connectivity index (χ3v) is 5.81. The third kappa shape index (κ3) is 4.01. The molecule has 8 heteroatoms. The molecule has 138 valence electrons. The predicted molar refractivity (Wildman–Crippen MR) is 105 cm³/mol. The minimum absolute atomic E-state index is 0.0107. The Bertz CT molecular complexity index is 1010. The van der Waals surface area contributed by atoms with E-state index in [2.05, 4.69) is 10.3 Å². The summed E-state index contributed by atoms with van der Waals surface area (Å²) in [4.78, 5) is 30.4. The lowest BCUT2D eigenvalue weighted by molar-refractivity contribution is -0.116. The summed E-state index contributed by atoms with van der Waals surface area (Å²) in [6.45, 7) is 2.18. The van der Waals surface area contributed by atoms with E-state index in [1.807, 2.05) is 36.6 Å². The fraction of sp³-hybridized carbons (Fsp3) is 0.211. The fourth-order valence-electron chi connectivity index (χ4n) is 2.64. The summed E-state index contributed by atoms with van der Waals surface area (Å²) in [5.74, 6) is 1.17. The van der Waals surface area contributed by atoms with E-state index in [1.54, 1.807) is 6.07 Å². The standard InChI is InChI=1S/C19H16N2O4S2/c1-11-2-6-17(27-11)14(22)4-7-18(23)21-19-20-13(9-26-19)12-3-5-15-16(8-12)25-10-24-15/h2-3,5-6,8-9H,4,7,10H2,1H3,(H,20,21,23). The minimum atomic E-state index is -0.219. The van der Waals surface area contributed by atoms with Crippen molar-refractivity contribution in [1.29, 1.82) is 0 Å². The van der Waals surface area contributed by atoms with E-state index < -0.39 is 0 Å². The van der Waals surface area contributed by atoms with E-state index >= 15 is 0 Å². The number of aromatic nitrogens is 1. The number of rotatable bonds is 6. The van der Waals surface area contributed by atoms with Crippen LogP contribution in [0.25, 0.3) is 11.3 Å². The lowest BCUT2D eigenvalue weighted by Crippen LogP contribution is -2.13. The van der Waals surface area contributed by atoms with E-state index in [9.17, 15) is 9.59 Å². The molecule has 0 spiro atoms. The zero-order chi connectivity index (χ0) is 18.8. The van der Waals surface area contributed by atoms with Crippen molar-refractivity contribution < 1.29 is 19.1 Å². The number of Topliss-reactive ketones (excluding diaryl/α,β-unsaturated/α-hetero) is 1. The topological polar surface area (TPSA) is 77.5 Å². The van der Waals surface area contributed by atoms with Gasteiger partial charge in [-0.05, 0) is 37.3 Å². The number of carbonyl (C=O) groups excluding carboxylic acids is 2. The van der Waals surface area contributed by atoms with Gasteiger partial charge in [0.2, 0.25) is 12.7 Å². The summed E-state index contributed by atoms with van der Waals surface area (Å²) in [6.07, 6.45) is 0.320. The van der Waals surface area contributed by atoms with Gasteiger partial charge in [0.25, 0.3) is 0 Å². The Morgan fingerprint density at radius 1 is 1.15 bits per heavy atom. The largest absolute Gasteiger partial charge is 0.454 e. The monoisotopic (exact) mass is 400 g/mol. The summed E-state index contributed by atoms with van der Waals surface area (Å²) in [5, 5.41) is 5.13. The quantitative estimate of drug-likeness (QED) is 0.616. The van der Waals surface area contributed by atoms with E-state index in [1.165, 1.54) is 22.7 Å². The highest BCUT2D eigenvalue weighted by Crippen LogP contribution is 2.36. The van der Waals surface area contributed by atoms with Gasteiger partial charge < -0.3 is 14.8 Å². The third-order valence-electron chi connectivity index (χ3n) is 4.01. The average Bonchev–Trinajstić information content (AvgIpc) is 3.39. The number of ketones is 1. The highest BCUT2D eigenvalue weighted by atomic mass is 32.1. The van der Waals surface area contributed by atoms with Crippen LogP contribution in [-0.4, -0.2) is 23.5 Å². The number of nitrogens with zero attached hydrogens (tertiary/aromatic N) is 1. The van der Waals surface area contributed by atoms with Crippen LogP contribution in [0.4, 0.5) is 5.13 Å². The number of aryl methyl sites for hydroxylation is 1. The number of anilines is 1. The number of thiophene rings is 1. The lowest BCUT2D eigenvalue weighted by atomic mass is 10.1. The molecule has 1 aliphatic heterocycles. The van der Waals surface area contributed by atoms with Gasteiger partial charge in [0, 0.05) is 28.7 Å². The summed E-state index contributed by atoms with van der Waals surface area (Å²) >= 11 is 2.79. The fourth-order valence-corrected chi connectivity index (χ4v) is 4.21. The van der Waals surface area contributed by atoms with E-state index in [-0.39, 0.29) is 31.3 Å². The molecule has 1 aliphatic rings. The lowest BCUT2D eigenvalue weighted by Gasteiger charge is -2.01. The van der Waals surface area contributed by atoms with Gasteiger partial charge in [-0.15, -0.1) is 22.7 Å². The first-order chi connectivity index (χ1) is 13.1. The molecular weight excluding hydrogens is 384 g/mol. The van der Waals surface area contributed by atoms with Crippen LogP contribution in [0.2, 0.25) is 0 Å². The molecule has 1 amide bonds. The maximum Gasteiger partial charge on any atom is 0.231 e. The van der Waals surface area contributed by atoms with E-state index in [4.69, 9.17) is 9.47 Å². The van der Waals surface area contributed by atoms with Gasteiger partial charge in [0.1, 0.15) is 0 Å². The van der Waals surface area contributed by atoms with Crippen LogP contribution in [0.3, 0.4) is 0 Å². The SMILES string of the molecule is Cc1ccc(C(=O)CCC(=O)Nc2nc(-c3ccc4c(c3)OCO4)cs2)s1. The molecule has 0 saturated heterocycles. The van der Waals surface area contributed by atoms with Crippen LogP contribution in [0.15, 0.2) is 35.7 Å². The second-order valence-corrected chi connectivity index (χ2v) is 8.13. The maximum atomic E-state index is 12.1. The van der Waals surface area contributed by atoms with Crippen molar-refractivity contribution in [1.82, 2.24) is 4.98 Å². The molecular formula is C19H16N2O4S2. The second-order valence-electron chi connectivity index (χ2n) is 5.99. The molecule has 0 bridgehead atoms. The van der Waals surface area contributed by atoms with Crippen LogP contribution in [0.1, 0.15) is 27.4 Å². The number of nitrogens with one attached hydrogen (secondary N) is 1. The van der Waals surface area contributed by atoms with Crippen molar-refractivity contribution in [3.63, 3.8) is 0 Å². The van der Waals surface area contributed by atoms with Crippen molar-refractivity contribution in [3.8, 4) is 22.8 Å². The molecule has 27 heavy (non-hydrogen) atoms. The molecule has 3 heterocycles. The highest BCUT2D eigenvalue weighted by Gasteiger charge is 2.16. The Morgan fingerprint density at radius 3 is 2.81 bits per heavy atom. The van der Waals surface area contributed by atoms with Crippen LogP contribution in [-0.2, 0) is 4.79 Å². The normalized spacial score (nSPS) is 12.2. The molecule has 2 aromatic heterocycles. The van der Waals surface area contributed by atoms with Gasteiger partial charge in [-0.2, -0.15) is 0 Å². The smallest absolute Gasteiger partial charge is 0.231 e. The number of hydrogen-bond donors (Lipinski definition) is 1. The molecule has 6 nitrogen and oxygen atoms in total. The van der Waals surface area contributed by atoms with Crippen LogP contribution < -0.4 is 14.8 Å². The molecule has 0 radical (unpaired) electrons. The van der Waals surface area contributed by atoms with Gasteiger partial charge in [-0.1, -0.05) is 0 Å². The van der Waals surface area contributed by atoms with Gasteiger partial charge >= 0.3 is 0 Å². The van der Waals surface area contributed by atoms with Crippen LogP contribution in [0, 0.1) is 6.92 Å². The van der Waals surface area contributed by atoms with Crippen molar-refractivity contribution in [3.05, 3.63) is 45.5 Å². The number of amides is 1. The molecule has 0 fully saturated rings. The summed E-state index contributed by atoms with van der Waals surface area (Å²) in [6, 6.07) is 9.32. The summed E-state index contributed by atoms with van der Waals surface area (Å²) in [5.41, 5.74) is 1.64. The number of carbonyl (C=O) groups is 2. The van der Waals surface area contributed by atoms with Gasteiger partial charge in [-0.25, -0.2) is 4.98 Å². The number of fused-ring (bicyclic) bond motifs is 1. The maximum absolute atomic E-state index is 12.1. The number of ether oxygens (including phenoxy) is 2. The summed E-state index contributed by atoms with van der Waals surface area (Å²) in [7, 11) is 0. The van der Waals surface area contributed by atoms with Crippen molar-refractivity contribution in [2.24, 2.45) is 0 Å². The summed E-state index contributed by atoms with van der Waals surface area (Å²) < 4.78 is 10.7. The van der Waals surface area contributed by atoms with Crippen molar-refractivity contribution in [2.75, 3.05) is 12.1 Å². The zero-order valence-electron chi connectivity index (χ0n) is 14.5. The number of benzene rings is 1. The first-order valence-electron chi connectivity index (χ1n) is 8.33. The Hall–Kier alpha value is -2.71. The Morgan fingerprint density at radius 2 is 2.00 bits per heavy atom. The molecule has 4 rings (SSSR count). The molecule has 1 N–H and O–H groups in total. The minimum Gasteiger partial charge on any atom is -0.454 e. The van der Waals surface area contributed by atoms with Crippen LogP contribution in [0.5, 0.6) is 11.5 Å². The van der Waals surface area contributed by atoms with Gasteiger partial charge in [-0.3, -0.25) is 9.59 Å². The molecule has 0 atom stereocenters. The second kappa shape index (κ2) is 7.50. The van der Waals surface area contributed by atoms with E-state index in [0.29, 0.717) is 21.5 Å². The molecule has 0 aliphatic carbocycles. The first-order valence-corrected chi connectivity index (χ1v) is 10.0. The van der Waals surface area contributed by atoms with Crippen LogP contribution >= 0.6 is 22.7 Å². The average molecular weight is 400 g/mol. The molecule has 0 saturated carbocycles.